The Hall–Kier alpha value is -0.960. The van der Waals surface area contributed by atoms with Crippen LogP contribution >= 0.6 is 12.2 Å². The van der Waals surface area contributed by atoms with Gasteiger partial charge in [0.1, 0.15) is 0 Å². The molecule has 0 aliphatic carbocycles. The van der Waals surface area contributed by atoms with Gasteiger partial charge in [-0.1, -0.05) is 25.2 Å². The summed E-state index contributed by atoms with van der Waals surface area (Å²) in [4.78, 5) is 4.53. The van der Waals surface area contributed by atoms with E-state index < -0.39 is 0 Å². The number of aliphatic imine (C=N–C) groups is 1. The molecule has 0 aliphatic rings. The van der Waals surface area contributed by atoms with Gasteiger partial charge in [-0.2, -0.15) is 0 Å². The smallest absolute Gasteiger partial charge is 0.0753 e. The molecule has 0 saturated carbocycles. The zero-order valence-corrected chi connectivity index (χ0v) is 9.03. The van der Waals surface area contributed by atoms with Crippen LogP contribution in [0.4, 0.5) is 0 Å². The fourth-order valence-electron chi connectivity index (χ4n) is 0.731. The van der Waals surface area contributed by atoms with Crippen LogP contribution in [0.2, 0.25) is 0 Å². The lowest BCUT2D eigenvalue weighted by Gasteiger charge is -2.05. The number of thiocarbonyl (C=S) groups is 1. The van der Waals surface area contributed by atoms with Crippen LogP contribution in [-0.4, -0.2) is 18.3 Å². The molecular formula is C10H16N2S. The third-order valence-corrected chi connectivity index (χ3v) is 2.01. The molecule has 0 unspecified atom stereocenters. The number of hydrogen-bond donors (Lipinski definition) is 1. The van der Waals surface area contributed by atoms with E-state index in [-0.39, 0.29) is 0 Å². The highest BCUT2D eigenvalue weighted by Gasteiger charge is 1.92. The standard InChI is InChI=1S/C10H16N2S/c1-4-9(6-7-11-3)8-12-10(13)5-2/h4,6-7H,3,5,8H2,1-2H3,(H,12,13)/b7-6-,9-4+. The molecule has 0 aromatic rings. The van der Waals surface area contributed by atoms with Gasteiger partial charge in [-0.3, -0.25) is 4.99 Å². The Labute approximate surface area is 85.4 Å². The van der Waals surface area contributed by atoms with Gasteiger partial charge in [-0.05, 0) is 31.7 Å². The molecule has 0 fully saturated rings. The van der Waals surface area contributed by atoms with Crippen molar-refractivity contribution >= 4 is 23.9 Å². The molecule has 0 radical (unpaired) electrons. The zero-order valence-electron chi connectivity index (χ0n) is 8.21. The second kappa shape index (κ2) is 7.68. The molecule has 0 aromatic carbocycles. The minimum absolute atomic E-state index is 0.759. The molecule has 3 heteroatoms. The van der Waals surface area contributed by atoms with Crippen molar-refractivity contribution in [2.75, 3.05) is 6.54 Å². The van der Waals surface area contributed by atoms with E-state index in [1.807, 2.05) is 26.0 Å². The highest BCUT2D eigenvalue weighted by atomic mass is 32.1. The molecular weight excluding hydrogens is 180 g/mol. The molecule has 72 valence electrons. The predicted octanol–water partition coefficient (Wildman–Crippen LogP) is 2.47. The van der Waals surface area contributed by atoms with E-state index in [1.165, 1.54) is 0 Å². The fraction of sp³-hybridized carbons (Fsp3) is 0.400. The molecule has 0 aromatic heterocycles. The Morgan fingerprint density at radius 1 is 1.62 bits per heavy atom. The Balaban J connectivity index is 3.94. The van der Waals surface area contributed by atoms with Crippen molar-refractivity contribution in [1.29, 1.82) is 0 Å². The Morgan fingerprint density at radius 2 is 2.31 bits per heavy atom. The van der Waals surface area contributed by atoms with Gasteiger partial charge in [0.2, 0.25) is 0 Å². The number of rotatable bonds is 5. The Morgan fingerprint density at radius 3 is 2.77 bits per heavy atom. The predicted molar refractivity (Wildman–Crippen MR) is 63.3 cm³/mol. The van der Waals surface area contributed by atoms with Gasteiger partial charge in [0.05, 0.1) is 4.99 Å². The van der Waals surface area contributed by atoms with Crippen molar-refractivity contribution in [2.45, 2.75) is 20.3 Å². The summed E-state index contributed by atoms with van der Waals surface area (Å²) in [7, 11) is 0. The first-order valence-corrected chi connectivity index (χ1v) is 4.69. The van der Waals surface area contributed by atoms with Crippen molar-refractivity contribution < 1.29 is 0 Å². The summed E-state index contributed by atoms with van der Waals surface area (Å²) in [5, 5.41) is 3.14. The maximum atomic E-state index is 5.04. The van der Waals surface area contributed by atoms with Crippen molar-refractivity contribution in [3.63, 3.8) is 0 Å². The van der Waals surface area contributed by atoms with E-state index >= 15 is 0 Å². The maximum absolute atomic E-state index is 5.04. The van der Waals surface area contributed by atoms with Crippen LogP contribution in [0, 0.1) is 0 Å². The van der Waals surface area contributed by atoms with Gasteiger partial charge in [0, 0.05) is 12.7 Å². The van der Waals surface area contributed by atoms with Crippen LogP contribution in [-0.2, 0) is 0 Å². The summed E-state index contributed by atoms with van der Waals surface area (Å²) in [5.41, 5.74) is 1.16. The third kappa shape index (κ3) is 6.22. The van der Waals surface area contributed by atoms with E-state index in [2.05, 4.69) is 17.0 Å². The van der Waals surface area contributed by atoms with Crippen LogP contribution in [0.15, 0.2) is 28.9 Å². The Kier molecular flexibility index (Phi) is 7.11. The van der Waals surface area contributed by atoms with E-state index in [9.17, 15) is 0 Å². The normalized spacial score (nSPS) is 11.7. The first-order chi connectivity index (χ1) is 6.24. The molecule has 0 bridgehead atoms. The molecule has 13 heavy (non-hydrogen) atoms. The second-order valence-electron chi connectivity index (χ2n) is 2.49. The quantitative estimate of drug-likeness (QED) is 0.415. The minimum Gasteiger partial charge on any atom is -0.376 e. The summed E-state index contributed by atoms with van der Waals surface area (Å²) in [5.74, 6) is 0. The van der Waals surface area contributed by atoms with Crippen LogP contribution in [0.3, 0.4) is 0 Å². The van der Waals surface area contributed by atoms with Gasteiger partial charge < -0.3 is 5.32 Å². The van der Waals surface area contributed by atoms with Gasteiger partial charge >= 0.3 is 0 Å². The molecule has 1 N–H and O–H groups in total. The molecule has 0 atom stereocenters. The molecule has 0 saturated heterocycles. The average molecular weight is 196 g/mol. The largest absolute Gasteiger partial charge is 0.376 e. The number of hydrogen-bond acceptors (Lipinski definition) is 2. The van der Waals surface area contributed by atoms with Crippen LogP contribution in [0.25, 0.3) is 0 Å². The van der Waals surface area contributed by atoms with Gasteiger partial charge in [0.15, 0.2) is 0 Å². The van der Waals surface area contributed by atoms with Gasteiger partial charge in [-0.15, -0.1) is 0 Å². The van der Waals surface area contributed by atoms with Gasteiger partial charge in [0.25, 0.3) is 0 Å². The lowest BCUT2D eigenvalue weighted by Crippen LogP contribution is -2.22. The first kappa shape index (κ1) is 12.0. The van der Waals surface area contributed by atoms with Crippen LogP contribution < -0.4 is 5.32 Å². The van der Waals surface area contributed by atoms with Crippen LogP contribution in [0.1, 0.15) is 20.3 Å². The number of nitrogens with one attached hydrogen (secondary N) is 1. The number of nitrogens with zero attached hydrogens (tertiary/aromatic N) is 1. The summed E-state index contributed by atoms with van der Waals surface area (Å²) < 4.78 is 0. The minimum atomic E-state index is 0.759. The average Bonchev–Trinajstić information content (AvgIpc) is 2.17. The third-order valence-electron chi connectivity index (χ3n) is 1.58. The molecule has 0 amide bonds. The van der Waals surface area contributed by atoms with Crippen molar-refractivity contribution in [2.24, 2.45) is 4.99 Å². The number of allylic oxidation sites excluding steroid dienone is 1. The fourth-order valence-corrected chi connectivity index (χ4v) is 0.803. The summed E-state index contributed by atoms with van der Waals surface area (Å²) >= 11 is 5.04. The molecule has 0 rings (SSSR count). The molecule has 0 heterocycles. The van der Waals surface area contributed by atoms with E-state index in [1.54, 1.807) is 6.20 Å². The van der Waals surface area contributed by atoms with Crippen molar-refractivity contribution in [3.05, 3.63) is 23.9 Å². The van der Waals surface area contributed by atoms with Gasteiger partial charge in [-0.25, -0.2) is 0 Å². The summed E-state index contributed by atoms with van der Waals surface area (Å²) in [6, 6.07) is 0. The van der Waals surface area contributed by atoms with Crippen molar-refractivity contribution in [3.8, 4) is 0 Å². The molecule has 0 spiro atoms. The molecule has 2 nitrogen and oxygen atoms in total. The lowest BCUT2D eigenvalue weighted by atomic mass is 10.2. The maximum Gasteiger partial charge on any atom is 0.0753 e. The van der Waals surface area contributed by atoms with E-state index in [0.717, 1.165) is 23.5 Å². The highest BCUT2D eigenvalue weighted by molar-refractivity contribution is 7.80. The zero-order chi connectivity index (χ0) is 10.1. The highest BCUT2D eigenvalue weighted by Crippen LogP contribution is 1.95. The monoisotopic (exact) mass is 196 g/mol. The van der Waals surface area contributed by atoms with E-state index in [4.69, 9.17) is 12.2 Å². The topological polar surface area (TPSA) is 24.4 Å². The summed E-state index contributed by atoms with van der Waals surface area (Å²) in [6.07, 6.45) is 6.49. The van der Waals surface area contributed by atoms with Crippen LogP contribution in [0.5, 0.6) is 0 Å². The van der Waals surface area contributed by atoms with E-state index in [0.29, 0.717) is 0 Å². The second-order valence-corrected chi connectivity index (χ2v) is 2.98. The lowest BCUT2D eigenvalue weighted by molar-refractivity contribution is 0.989. The van der Waals surface area contributed by atoms with Crippen molar-refractivity contribution in [1.82, 2.24) is 5.32 Å². The Bertz CT molecular complexity index is 229. The SMILES string of the molecule is C=N/C=C\C(=C/C)CNC(=S)CC. The summed E-state index contributed by atoms with van der Waals surface area (Å²) in [6.45, 7) is 8.15. The first-order valence-electron chi connectivity index (χ1n) is 4.28. The molecule has 0 aliphatic heterocycles.